The van der Waals surface area contributed by atoms with E-state index in [2.05, 4.69) is 34.7 Å². The zero-order valence-electron chi connectivity index (χ0n) is 18.6. The van der Waals surface area contributed by atoms with Crippen molar-refractivity contribution in [2.45, 2.75) is 39.8 Å². The fraction of sp³-hybridized carbons (Fsp3) is 0.417. The summed E-state index contributed by atoms with van der Waals surface area (Å²) in [6, 6.07) is 9.51. The molecule has 0 spiro atoms. The van der Waals surface area contributed by atoms with Crippen molar-refractivity contribution in [1.82, 2.24) is 14.8 Å². The lowest BCUT2D eigenvalue weighted by molar-refractivity contribution is 0.0950. The Kier molecular flexibility index (Phi) is 9.25. The van der Waals surface area contributed by atoms with Gasteiger partial charge < -0.3 is 19.9 Å². The predicted octanol–water partition coefficient (Wildman–Crippen LogP) is 5.28. The average molecular weight is 492 g/mol. The van der Waals surface area contributed by atoms with E-state index in [0.717, 1.165) is 48.4 Å². The Morgan fingerprint density at radius 3 is 2.62 bits per heavy atom. The normalized spacial score (nSPS) is 11.4. The molecule has 0 saturated carbocycles. The molecule has 0 atom stereocenters. The zero-order valence-corrected chi connectivity index (χ0v) is 21.0. The highest BCUT2D eigenvalue weighted by Gasteiger charge is 2.16. The summed E-state index contributed by atoms with van der Waals surface area (Å²) in [7, 11) is 0. The molecule has 0 aliphatic rings. The van der Waals surface area contributed by atoms with E-state index in [-0.39, 0.29) is 12.5 Å². The second kappa shape index (κ2) is 11.9. The summed E-state index contributed by atoms with van der Waals surface area (Å²) in [5.41, 5.74) is 1.50. The number of thiophene rings is 1. The van der Waals surface area contributed by atoms with Crippen LogP contribution in [-0.2, 0) is 19.5 Å². The number of fused-ring (bicyclic) bond motifs is 1. The van der Waals surface area contributed by atoms with Gasteiger partial charge in [-0.3, -0.25) is 4.79 Å². The predicted molar refractivity (Wildman–Crippen MR) is 136 cm³/mol. The van der Waals surface area contributed by atoms with Crippen molar-refractivity contribution >= 4 is 51.3 Å². The Hall–Kier alpha value is -1.77. The number of hydrogen-bond acceptors (Lipinski definition) is 5. The number of hydrogen-bond donors (Lipinski definition) is 2. The summed E-state index contributed by atoms with van der Waals surface area (Å²) in [6.45, 7) is 8.54. The van der Waals surface area contributed by atoms with Crippen LogP contribution in [0, 0.1) is 4.51 Å². The third-order valence-corrected chi connectivity index (χ3v) is 7.47. The summed E-state index contributed by atoms with van der Waals surface area (Å²) in [4.78, 5) is 17.7. The zero-order chi connectivity index (χ0) is 23.1. The van der Waals surface area contributed by atoms with Crippen molar-refractivity contribution in [1.29, 1.82) is 0 Å². The highest BCUT2D eigenvalue weighted by Crippen LogP contribution is 2.29. The van der Waals surface area contributed by atoms with Crippen LogP contribution in [0.15, 0.2) is 36.5 Å². The monoisotopic (exact) mass is 491 g/mol. The molecular weight excluding hydrogens is 462 g/mol. The molecule has 32 heavy (non-hydrogen) atoms. The minimum atomic E-state index is -0.174. The van der Waals surface area contributed by atoms with E-state index in [1.807, 2.05) is 30.5 Å². The van der Waals surface area contributed by atoms with E-state index < -0.39 is 0 Å². The molecule has 0 saturated heterocycles. The lowest BCUT2D eigenvalue weighted by Crippen LogP contribution is -2.28. The molecule has 1 aromatic carbocycles. The number of aryl methyl sites for hydroxylation is 1. The van der Waals surface area contributed by atoms with Crippen molar-refractivity contribution in [3.63, 3.8) is 0 Å². The first-order valence-corrected chi connectivity index (χ1v) is 12.6. The highest BCUT2D eigenvalue weighted by molar-refractivity contribution is 7.71. The average Bonchev–Trinajstić information content (AvgIpc) is 3.24. The number of likely N-dealkylation sites (N-methyl/N-ethyl adjacent to an activating group) is 1. The number of benzene rings is 1. The molecule has 172 valence electrons. The fourth-order valence-corrected chi connectivity index (χ4v) is 5.29. The molecule has 3 rings (SSSR count). The van der Waals surface area contributed by atoms with Gasteiger partial charge in [0.15, 0.2) is 0 Å². The summed E-state index contributed by atoms with van der Waals surface area (Å²) >= 11 is 13.4. The number of carbonyl (C=O) groups excluding carboxylic acids is 1. The molecule has 8 heteroatoms. The topological polar surface area (TPSA) is 57.5 Å². The standard InChI is InChI=1S/C24H30ClN3O2S2/c1-3-27(4-2)11-12-28-16-21(23(30)26-15-17-7-9-18(25)10-8-17)22(31)20-14-19(6-5-13-29)32-24(20)28/h7-10,14,16,29H,3-6,11-13,15H2,1-2H3,(H,26,30). The molecule has 0 radical (unpaired) electrons. The van der Waals surface area contributed by atoms with Gasteiger partial charge in [0, 0.05) is 47.7 Å². The largest absolute Gasteiger partial charge is 0.396 e. The van der Waals surface area contributed by atoms with Crippen molar-refractivity contribution in [2.24, 2.45) is 0 Å². The van der Waals surface area contributed by atoms with Gasteiger partial charge in [0.05, 0.1) is 10.1 Å². The lowest BCUT2D eigenvalue weighted by Gasteiger charge is -2.20. The van der Waals surface area contributed by atoms with E-state index in [1.54, 1.807) is 11.3 Å². The number of amides is 1. The summed E-state index contributed by atoms with van der Waals surface area (Å²) in [5, 5.41) is 13.8. The van der Waals surface area contributed by atoms with Crippen LogP contribution >= 0.6 is 35.2 Å². The van der Waals surface area contributed by atoms with E-state index >= 15 is 0 Å². The first-order chi connectivity index (χ1) is 15.5. The first kappa shape index (κ1) is 24.9. The third-order valence-electron chi connectivity index (χ3n) is 5.54. The quantitative estimate of drug-likeness (QED) is 0.358. The van der Waals surface area contributed by atoms with Gasteiger partial charge in [-0.15, -0.1) is 11.3 Å². The molecule has 0 unspecified atom stereocenters. The Balaban J connectivity index is 1.91. The number of nitrogens with zero attached hydrogens (tertiary/aromatic N) is 2. The van der Waals surface area contributed by atoms with Gasteiger partial charge in [0.25, 0.3) is 5.91 Å². The van der Waals surface area contributed by atoms with E-state index in [0.29, 0.717) is 28.1 Å². The number of carbonyl (C=O) groups is 1. The number of halogens is 1. The smallest absolute Gasteiger partial charge is 0.254 e. The number of aromatic nitrogens is 1. The van der Waals surface area contributed by atoms with Crippen LogP contribution in [0.5, 0.6) is 0 Å². The molecule has 2 aromatic heterocycles. The second-order valence-electron chi connectivity index (χ2n) is 7.66. The van der Waals surface area contributed by atoms with Crippen LogP contribution in [0.4, 0.5) is 0 Å². The Morgan fingerprint density at radius 1 is 1.25 bits per heavy atom. The second-order valence-corrected chi connectivity index (χ2v) is 9.62. The van der Waals surface area contributed by atoms with Crippen molar-refractivity contribution in [3.05, 3.63) is 62.1 Å². The Morgan fingerprint density at radius 2 is 1.97 bits per heavy atom. The SMILES string of the molecule is CCN(CC)CCn1cc(C(=O)NCc2ccc(Cl)cc2)c(=S)c2cc(CCCO)sc21. The van der Waals surface area contributed by atoms with Crippen LogP contribution in [0.3, 0.4) is 0 Å². The molecule has 2 heterocycles. The highest BCUT2D eigenvalue weighted by atomic mass is 35.5. The van der Waals surface area contributed by atoms with E-state index in [1.165, 1.54) is 4.88 Å². The van der Waals surface area contributed by atoms with Gasteiger partial charge in [-0.25, -0.2) is 0 Å². The van der Waals surface area contributed by atoms with Crippen LogP contribution in [0.25, 0.3) is 10.2 Å². The minimum absolute atomic E-state index is 0.162. The Labute approximate surface area is 203 Å². The summed E-state index contributed by atoms with van der Waals surface area (Å²) in [6.07, 6.45) is 3.42. The molecule has 0 aliphatic heterocycles. The van der Waals surface area contributed by atoms with Crippen LogP contribution in [-0.4, -0.2) is 46.7 Å². The number of pyridine rings is 1. The molecule has 0 fully saturated rings. The molecule has 0 aliphatic carbocycles. The van der Waals surface area contributed by atoms with Crippen molar-refractivity contribution in [3.8, 4) is 0 Å². The maximum atomic E-state index is 13.1. The minimum Gasteiger partial charge on any atom is -0.396 e. The maximum Gasteiger partial charge on any atom is 0.254 e. The molecule has 0 bridgehead atoms. The molecule has 3 aromatic rings. The number of nitrogens with one attached hydrogen (secondary N) is 1. The molecular formula is C24H30ClN3O2S2. The van der Waals surface area contributed by atoms with Crippen LogP contribution in [0.1, 0.15) is 41.1 Å². The summed E-state index contributed by atoms with van der Waals surface area (Å²) < 4.78 is 2.74. The number of aliphatic hydroxyl groups is 1. The maximum absolute atomic E-state index is 13.1. The van der Waals surface area contributed by atoms with Gasteiger partial charge in [0.2, 0.25) is 0 Å². The third kappa shape index (κ3) is 6.17. The van der Waals surface area contributed by atoms with E-state index in [9.17, 15) is 9.90 Å². The van der Waals surface area contributed by atoms with Gasteiger partial charge >= 0.3 is 0 Å². The van der Waals surface area contributed by atoms with Gasteiger partial charge in [0.1, 0.15) is 4.83 Å². The number of aliphatic hydroxyl groups excluding tert-OH is 1. The van der Waals surface area contributed by atoms with Crippen LogP contribution < -0.4 is 5.32 Å². The fourth-order valence-electron chi connectivity index (χ4n) is 3.60. The molecule has 1 amide bonds. The van der Waals surface area contributed by atoms with Crippen LogP contribution in [0.2, 0.25) is 5.02 Å². The van der Waals surface area contributed by atoms with Gasteiger partial charge in [-0.2, -0.15) is 0 Å². The summed E-state index contributed by atoms with van der Waals surface area (Å²) in [5.74, 6) is -0.174. The molecule has 2 N–H and O–H groups in total. The molecule has 5 nitrogen and oxygen atoms in total. The first-order valence-electron chi connectivity index (χ1n) is 11.0. The van der Waals surface area contributed by atoms with Crippen molar-refractivity contribution in [2.75, 3.05) is 26.2 Å². The van der Waals surface area contributed by atoms with Gasteiger partial charge in [-0.1, -0.05) is 49.8 Å². The number of rotatable bonds is 11. The lowest BCUT2D eigenvalue weighted by atomic mass is 10.1. The van der Waals surface area contributed by atoms with Crippen molar-refractivity contribution < 1.29 is 9.90 Å². The van der Waals surface area contributed by atoms with Gasteiger partial charge in [-0.05, 0) is 49.7 Å². The Bertz CT molecular complexity index is 1100. The van der Waals surface area contributed by atoms with E-state index in [4.69, 9.17) is 23.8 Å².